The summed E-state index contributed by atoms with van der Waals surface area (Å²) in [5.74, 6) is -0.510. The quantitative estimate of drug-likeness (QED) is 0.825. The molecule has 0 aliphatic heterocycles. The van der Waals surface area contributed by atoms with E-state index >= 15 is 0 Å². The SMILES string of the molecule is CCCc1cc(C(=O)NCC(c2cccc(F)c2)N(C)C)n[nH]1. The fraction of sp³-hybridized carbons (Fsp3) is 0.412. The first-order chi connectivity index (χ1) is 11.0. The average molecular weight is 318 g/mol. The molecule has 1 aromatic heterocycles. The molecule has 5 nitrogen and oxygen atoms in total. The van der Waals surface area contributed by atoms with Crippen LogP contribution in [0, 0.1) is 5.82 Å². The topological polar surface area (TPSA) is 61.0 Å². The lowest BCUT2D eigenvalue weighted by atomic mass is 10.1. The van der Waals surface area contributed by atoms with Crippen LogP contribution in [0.1, 0.15) is 41.1 Å². The molecule has 1 unspecified atom stereocenters. The molecule has 0 spiro atoms. The van der Waals surface area contributed by atoms with E-state index in [1.54, 1.807) is 12.1 Å². The molecule has 1 heterocycles. The third-order valence-corrected chi connectivity index (χ3v) is 3.70. The highest BCUT2D eigenvalue weighted by Gasteiger charge is 2.17. The molecule has 0 radical (unpaired) electrons. The van der Waals surface area contributed by atoms with E-state index in [1.807, 2.05) is 25.1 Å². The summed E-state index contributed by atoms with van der Waals surface area (Å²) >= 11 is 0. The van der Waals surface area contributed by atoms with Gasteiger partial charge in [0.1, 0.15) is 11.5 Å². The molecule has 6 heteroatoms. The monoisotopic (exact) mass is 318 g/mol. The second-order valence-corrected chi connectivity index (χ2v) is 5.77. The van der Waals surface area contributed by atoms with Gasteiger partial charge in [-0.05, 0) is 44.3 Å². The summed E-state index contributed by atoms with van der Waals surface area (Å²) in [5.41, 5.74) is 2.15. The fourth-order valence-electron chi connectivity index (χ4n) is 2.47. The molecule has 0 aliphatic carbocycles. The predicted octanol–water partition coefficient (Wildman–Crippen LogP) is 2.53. The molecular weight excluding hydrogens is 295 g/mol. The number of aromatic amines is 1. The molecule has 2 N–H and O–H groups in total. The van der Waals surface area contributed by atoms with E-state index in [-0.39, 0.29) is 17.8 Å². The van der Waals surface area contributed by atoms with Crippen molar-refractivity contribution in [1.29, 1.82) is 0 Å². The number of benzene rings is 1. The van der Waals surface area contributed by atoms with Gasteiger partial charge in [0, 0.05) is 12.2 Å². The number of aromatic nitrogens is 2. The summed E-state index contributed by atoms with van der Waals surface area (Å²) in [6.07, 6.45) is 1.86. The van der Waals surface area contributed by atoms with Crippen LogP contribution in [0.15, 0.2) is 30.3 Å². The van der Waals surface area contributed by atoms with Crippen molar-refractivity contribution in [2.75, 3.05) is 20.6 Å². The van der Waals surface area contributed by atoms with Gasteiger partial charge >= 0.3 is 0 Å². The average Bonchev–Trinajstić information content (AvgIpc) is 2.96. The van der Waals surface area contributed by atoms with Gasteiger partial charge in [-0.25, -0.2) is 4.39 Å². The van der Waals surface area contributed by atoms with Crippen molar-refractivity contribution in [1.82, 2.24) is 20.4 Å². The van der Waals surface area contributed by atoms with Crippen molar-refractivity contribution in [2.45, 2.75) is 25.8 Å². The van der Waals surface area contributed by atoms with Gasteiger partial charge in [0.25, 0.3) is 5.91 Å². The molecule has 124 valence electrons. The maximum Gasteiger partial charge on any atom is 0.271 e. The number of halogens is 1. The van der Waals surface area contributed by atoms with Crippen LogP contribution in [0.2, 0.25) is 0 Å². The van der Waals surface area contributed by atoms with Gasteiger partial charge in [0.15, 0.2) is 0 Å². The Hall–Kier alpha value is -2.21. The zero-order valence-corrected chi connectivity index (χ0v) is 13.8. The Labute approximate surface area is 135 Å². The summed E-state index contributed by atoms with van der Waals surface area (Å²) in [7, 11) is 3.80. The third-order valence-electron chi connectivity index (χ3n) is 3.70. The number of amides is 1. The van der Waals surface area contributed by atoms with Crippen LogP contribution in [-0.4, -0.2) is 41.6 Å². The molecule has 0 saturated heterocycles. The maximum absolute atomic E-state index is 13.4. The molecule has 23 heavy (non-hydrogen) atoms. The Balaban J connectivity index is 2.02. The first-order valence-corrected chi connectivity index (χ1v) is 7.75. The fourth-order valence-corrected chi connectivity index (χ4v) is 2.47. The molecular formula is C17H23FN4O. The van der Waals surface area contributed by atoms with E-state index in [9.17, 15) is 9.18 Å². The zero-order valence-electron chi connectivity index (χ0n) is 13.8. The first-order valence-electron chi connectivity index (χ1n) is 7.75. The van der Waals surface area contributed by atoms with Crippen molar-refractivity contribution in [3.8, 4) is 0 Å². The van der Waals surface area contributed by atoms with Crippen molar-refractivity contribution < 1.29 is 9.18 Å². The van der Waals surface area contributed by atoms with Gasteiger partial charge in [-0.1, -0.05) is 25.5 Å². The highest BCUT2D eigenvalue weighted by Crippen LogP contribution is 2.18. The Morgan fingerprint density at radius 1 is 1.39 bits per heavy atom. The van der Waals surface area contributed by atoms with Crippen molar-refractivity contribution in [3.05, 3.63) is 53.1 Å². The smallest absolute Gasteiger partial charge is 0.271 e. The van der Waals surface area contributed by atoms with Gasteiger partial charge in [0.05, 0.1) is 6.04 Å². The summed E-state index contributed by atoms with van der Waals surface area (Å²) in [6, 6.07) is 8.09. The zero-order chi connectivity index (χ0) is 16.8. The molecule has 2 aromatic rings. The lowest BCUT2D eigenvalue weighted by Crippen LogP contribution is -2.34. The minimum absolute atomic E-state index is 0.108. The number of hydrogen-bond donors (Lipinski definition) is 2. The van der Waals surface area contributed by atoms with E-state index in [2.05, 4.69) is 22.4 Å². The highest BCUT2D eigenvalue weighted by atomic mass is 19.1. The Morgan fingerprint density at radius 2 is 2.17 bits per heavy atom. The molecule has 1 amide bonds. The first kappa shape index (κ1) is 17.1. The van der Waals surface area contributed by atoms with Crippen LogP contribution >= 0.6 is 0 Å². The lowest BCUT2D eigenvalue weighted by Gasteiger charge is -2.25. The number of H-pyrrole nitrogens is 1. The summed E-state index contributed by atoms with van der Waals surface area (Å²) < 4.78 is 13.4. The minimum atomic E-state index is -0.280. The number of rotatable bonds is 7. The number of carbonyl (C=O) groups is 1. The predicted molar refractivity (Wildman–Crippen MR) is 87.7 cm³/mol. The van der Waals surface area contributed by atoms with Gasteiger partial charge in [0.2, 0.25) is 0 Å². The Kier molecular flexibility index (Phi) is 5.87. The number of nitrogens with zero attached hydrogens (tertiary/aromatic N) is 2. The van der Waals surface area contributed by atoms with Gasteiger partial charge in [-0.2, -0.15) is 5.10 Å². The number of hydrogen-bond acceptors (Lipinski definition) is 3. The van der Waals surface area contributed by atoms with Crippen LogP contribution in [0.5, 0.6) is 0 Å². The standard InChI is InChI=1S/C17H23FN4O/c1-4-6-14-10-15(21-20-14)17(23)19-11-16(22(2)3)12-7-5-8-13(18)9-12/h5,7-10,16H,4,6,11H2,1-3H3,(H,19,23)(H,20,21). The van der Waals surface area contributed by atoms with Crippen molar-refractivity contribution in [3.63, 3.8) is 0 Å². The Bertz CT molecular complexity index is 654. The third kappa shape index (κ3) is 4.63. The molecule has 2 rings (SSSR count). The molecule has 1 atom stereocenters. The van der Waals surface area contributed by atoms with Crippen molar-refractivity contribution >= 4 is 5.91 Å². The van der Waals surface area contributed by atoms with Gasteiger partial charge < -0.3 is 10.2 Å². The van der Waals surface area contributed by atoms with Crippen LogP contribution in [0.3, 0.4) is 0 Å². The molecule has 0 fully saturated rings. The van der Waals surface area contributed by atoms with E-state index in [1.165, 1.54) is 12.1 Å². The normalized spacial score (nSPS) is 12.4. The lowest BCUT2D eigenvalue weighted by molar-refractivity contribution is 0.0937. The van der Waals surface area contributed by atoms with Gasteiger partial charge in [-0.15, -0.1) is 0 Å². The van der Waals surface area contributed by atoms with Crippen LogP contribution in [0.4, 0.5) is 4.39 Å². The minimum Gasteiger partial charge on any atom is -0.349 e. The van der Waals surface area contributed by atoms with Crippen LogP contribution < -0.4 is 5.32 Å². The number of carbonyl (C=O) groups excluding carboxylic acids is 1. The largest absolute Gasteiger partial charge is 0.349 e. The number of aryl methyl sites for hydroxylation is 1. The molecule has 1 aromatic carbocycles. The van der Waals surface area contributed by atoms with E-state index < -0.39 is 0 Å². The summed E-state index contributed by atoms with van der Waals surface area (Å²) in [4.78, 5) is 14.1. The molecule has 0 bridgehead atoms. The number of nitrogens with one attached hydrogen (secondary N) is 2. The second kappa shape index (κ2) is 7.87. The van der Waals surface area contributed by atoms with Crippen molar-refractivity contribution in [2.24, 2.45) is 0 Å². The van der Waals surface area contributed by atoms with E-state index in [4.69, 9.17) is 0 Å². The molecule has 0 saturated carbocycles. The number of likely N-dealkylation sites (N-methyl/N-ethyl adjacent to an activating group) is 1. The Morgan fingerprint density at radius 3 is 2.83 bits per heavy atom. The summed E-state index contributed by atoms with van der Waals surface area (Å²) in [6.45, 7) is 2.45. The van der Waals surface area contributed by atoms with E-state index in [0.717, 1.165) is 24.1 Å². The van der Waals surface area contributed by atoms with Crippen LogP contribution in [0.25, 0.3) is 0 Å². The van der Waals surface area contributed by atoms with Gasteiger partial charge in [-0.3, -0.25) is 9.89 Å². The van der Waals surface area contributed by atoms with Crippen LogP contribution in [-0.2, 0) is 6.42 Å². The summed E-state index contributed by atoms with van der Waals surface area (Å²) in [5, 5.41) is 9.77. The van der Waals surface area contributed by atoms with E-state index in [0.29, 0.717) is 12.2 Å². The second-order valence-electron chi connectivity index (χ2n) is 5.77. The highest BCUT2D eigenvalue weighted by molar-refractivity contribution is 5.92. The molecule has 0 aliphatic rings. The maximum atomic E-state index is 13.4.